The Morgan fingerprint density at radius 1 is 1.33 bits per heavy atom. The first kappa shape index (κ1) is 15.5. The van der Waals surface area contributed by atoms with Crippen molar-refractivity contribution >= 4 is 17.2 Å². The molecule has 4 nitrogen and oxygen atoms in total. The Hall–Kier alpha value is -1.85. The average molecular weight is 305 g/mol. The van der Waals surface area contributed by atoms with Crippen LogP contribution >= 0.6 is 11.3 Å². The van der Waals surface area contributed by atoms with E-state index in [9.17, 15) is 4.79 Å². The van der Waals surface area contributed by atoms with Crippen molar-refractivity contribution in [3.8, 4) is 5.75 Å². The smallest absolute Gasteiger partial charge is 0.261 e. The van der Waals surface area contributed by atoms with Gasteiger partial charge in [-0.25, -0.2) is 0 Å². The lowest BCUT2D eigenvalue weighted by Crippen LogP contribution is -2.26. The van der Waals surface area contributed by atoms with E-state index in [0.29, 0.717) is 24.6 Å². The summed E-state index contributed by atoms with van der Waals surface area (Å²) in [4.78, 5) is 12.5. The van der Waals surface area contributed by atoms with Gasteiger partial charge in [0.25, 0.3) is 5.91 Å². The van der Waals surface area contributed by atoms with Crippen LogP contribution in [0.1, 0.15) is 20.8 Å². The van der Waals surface area contributed by atoms with E-state index in [1.165, 1.54) is 11.3 Å². The van der Waals surface area contributed by atoms with E-state index in [1.807, 2.05) is 42.6 Å². The number of methoxy groups -OCH3 is 1. The Labute approximate surface area is 128 Å². The van der Waals surface area contributed by atoms with Crippen molar-refractivity contribution in [2.45, 2.75) is 13.5 Å². The largest absolute Gasteiger partial charge is 0.489 e. The number of nitrogens with one attached hydrogen (secondary N) is 1. The number of benzene rings is 1. The van der Waals surface area contributed by atoms with Gasteiger partial charge in [-0.15, -0.1) is 11.3 Å². The van der Waals surface area contributed by atoms with Crippen LogP contribution < -0.4 is 10.1 Å². The van der Waals surface area contributed by atoms with Gasteiger partial charge in [-0.3, -0.25) is 4.79 Å². The molecule has 0 saturated heterocycles. The van der Waals surface area contributed by atoms with Gasteiger partial charge in [-0.2, -0.15) is 0 Å². The molecule has 1 amide bonds. The third kappa shape index (κ3) is 4.88. The third-order valence-corrected chi connectivity index (χ3v) is 3.84. The number of ether oxygens (including phenoxy) is 2. The zero-order chi connectivity index (χ0) is 15.1. The topological polar surface area (TPSA) is 47.6 Å². The molecule has 2 rings (SSSR count). The van der Waals surface area contributed by atoms with Crippen LogP contribution in [0.25, 0.3) is 0 Å². The summed E-state index contributed by atoms with van der Waals surface area (Å²) in [6, 6.07) is 9.78. The highest BCUT2D eigenvalue weighted by molar-refractivity contribution is 7.12. The fraction of sp³-hybridized carbons (Fsp3) is 0.312. The molecule has 1 heterocycles. The first-order valence-electron chi connectivity index (χ1n) is 6.73. The van der Waals surface area contributed by atoms with Crippen molar-refractivity contribution in [1.82, 2.24) is 5.32 Å². The molecule has 1 aromatic heterocycles. The zero-order valence-corrected chi connectivity index (χ0v) is 13.0. The van der Waals surface area contributed by atoms with E-state index >= 15 is 0 Å². The maximum Gasteiger partial charge on any atom is 0.261 e. The number of carbonyl (C=O) groups is 1. The lowest BCUT2D eigenvalue weighted by molar-refractivity contribution is 0.0941. The summed E-state index contributed by atoms with van der Waals surface area (Å²) in [7, 11) is 1.61. The molecule has 1 N–H and O–H groups in total. The normalized spacial score (nSPS) is 10.4. The number of hydrogen-bond acceptors (Lipinski definition) is 4. The molecule has 112 valence electrons. The van der Waals surface area contributed by atoms with Gasteiger partial charge in [0, 0.05) is 19.2 Å². The summed E-state index contributed by atoms with van der Waals surface area (Å²) in [5, 5.41) is 4.75. The summed E-state index contributed by atoms with van der Waals surface area (Å²) in [6.45, 7) is 3.52. The van der Waals surface area contributed by atoms with Crippen molar-refractivity contribution < 1.29 is 14.3 Å². The summed E-state index contributed by atoms with van der Waals surface area (Å²) in [5.41, 5.74) is 2.16. The van der Waals surface area contributed by atoms with Gasteiger partial charge < -0.3 is 14.8 Å². The number of aryl methyl sites for hydroxylation is 1. The summed E-state index contributed by atoms with van der Waals surface area (Å²) in [6.07, 6.45) is 0. The lowest BCUT2D eigenvalue weighted by Gasteiger charge is -2.05. The molecule has 5 heteroatoms. The zero-order valence-electron chi connectivity index (χ0n) is 12.2. The van der Waals surface area contributed by atoms with E-state index < -0.39 is 0 Å². The van der Waals surface area contributed by atoms with Crippen LogP contribution in [0, 0.1) is 6.92 Å². The molecule has 1 aromatic carbocycles. The standard InChI is InChI=1S/C16H19NO3S/c1-12-4-3-5-14(8-12)20-10-13-9-15(21-11-13)16(18)17-6-7-19-2/h3-5,8-9,11H,6-7,10H2,1-2H3,(H,17,18). The summed E-state index contributed by atoms with van der Waals surface area (Å²) >= 11 is 1.42. The Balaban J connectivity index is 1.86. The molecule has 0 radical (unpaired) electrons. The number of carbonyl (C=O) groups excluding carboxylic acids is 1. The molecule has 0 aliphatic carbocycles. The molecule has 2 aromatic rings. The number of thiophene rings is 1. The van der Waals surface area contributed by atoms with E-state index in [2.05, 4.69) is 5.32 Å². The van der Waals surface area contributed by atoms with Gasteiger partial charge in [0.1, 0.15) is 12.4 Å². The molecular formula is C16H19NO3S. The minimum Gasteiger partial charge on any atom is -0.489 e. The molecule has 0 saturated carbocycles. The molecule has 21 heavy (non-hydrogen) atoms. The predicted octanol–water partition coefficient (Wildman–Crippen LogP) is 3.01. The van der Waals surface area contributed by atoms with Crippen molar-refractivity contribution in [2.75, 3.05) is 20.3 Å². The van der Waals surface area contributed by atoms with E-state index in [1.54, 1.807) is 7.11 Å². The maximum absolute atomic E-state index is 11.9. The quantitative estimate of drug-likeness (QED) is 0.800. The fourth-order valence-electron chi connectivity index (χ4n) is 1.80. The van der Waals surface area contributed by atoms with E-state index in [4.69, 9.17) is 9.47 Å². The number of amides is 1. The highest BCUT2D eigenvalue weighted by Gasteiger charge is 2.08. The van der Waals surface area contributed by atoms with Crippen molar-refractivity contribution in [3.63, 3.8) is 0 Å². The van der Waals surface area contributed by atoms with Crippen LogP contribution in [0.15, 0.2) is 35.7 Å². The van der Waals surface area contributed by atoms with Gasteiger partial charge in [-0.05, 0) is 36.1 Å². The Bertz CT molecular complexity index is 595. The molecule has 0 spiro atoms. The van der Waals surface area contributed by atoms with Crippen LogP contribution in [0.4, 0.5) is 0 Å². The minimum atomic E-state index is -0.0705. The second kappa shape index (κ2) is 7.81. The number of hydrogen-bond donors (Lipinski definition) is 1. The van der Waals surface area contributed by atoms with Gasteiger partial charge in [-0.1, -0.05) is 12.1 Å². The van der Waals surface area contributed by atoms with Crippen LogP contribution in [0.3, 0.4) is 0 Å². The van der Waals surface area contributed by atoms with Gasteiger partial charge >= 0.3 is 0 Å². The Morgan fingerprint density at radius 2 is 2.19 bits per heavy atom. The van der Waals surface area contributed by atoms with Crippen LogP contribution in [-0.2, 0) is 11.3 Å². The SMILES string of the molecule is COCCNC(=O)c1cc(COc2cccc(C)c2)cs1. The Morgan fingerprint density at radius 3 is 2.95 bits per heavy atom. The molecular weight excluding hydrogens is 286 g/mol. The third-order valence-electron chi connectivity index (χ3n) is 2.86. The minimum absolute atomic E-state index is 0.0705. The van der Waals surface area contributed by atoms with Crippen molar-refractivity contribution in [1.29, 1.82) is 0 Å². The first-order valence-corrected chi connectivity index (χ1v) is 7.61. The monoisotopic (exact) mass is 305 g/mol. The molecule has 0 aliphatic heterocycles. The Kier molecular flexibility index (Phi) is 5.78. The molecule has 0 fully saturated rings. The van der Waals surface area contributed by atoms with E-state index in [-0.39, 0.29) is 5.91 Å². The molecule has 0 atom stereocenters. The highest BCUT2D eigenvalue weighted by Crippen LogP contribution is 2.18. The summed E-state index contributed by atoms with van der Waals surface area (Å²) < 4.78 is 10.6. The van der Waals surface area contributed by atoms with Crippen LogP contribution in [-0.4, -0.2) is 26.2 Å². The fourth-order valence-corrected chi connectivity index (χ4v) is 2.61. The second-order valence-corrected chi connectivity index (χ2v) is 5.58. The van der Waals surface area contributed by atoms with E-state index in [0.717, 1.165) is 16.9 Å². The van der Waals surface area contributed by atoms with Gasteiger partial charge in [0.2, 0.25) is 0 Å². The van der Waals surface area contributed by atoms with Gasteiger partial charge in [0.15, 0.2) is 0 Å². The average Bonchev–Trinajstić information content (AvgIpc) is 2.94. The van der Waals surface area contributed by atoms with Crippen LogP contribution in [0.2, 0.25) is 0 Å². The maximum atomic E-state index is 11.9. The number of rotatable bonds is 7. The van der Waals surface area contributed by atoms with Gasteiger partial charge in [0.05, 0.1) is 11.5 Å². The highest BCUT2D eigenvalue weighted by atomic mass is 32.1. The van der Waals surface area contributed by atoms with Crippen LogP contribution in [0.5, 0.6) is 5.75 Å². The van der Waals surface area contributed by atoms with Crippen molar-refractivity contribution in [3.05, 3.63) is 51.7 Å². The summed E-state index contributed by atoms with van der Waals surface area (Å²) in [5.74, 6) is 0.770. The van der Waals surface area contributed by atoms with Crippen molar-refractivity contribution in [2.24, 2.45) is 0 Å². The second-order valence-electron chi connectivity index (χ2n) is 4.67. The lowest BCUT2D eigenvalue weighted by atomic mass is 10.2. The predicted molar refractivity (Wildman–Crippen MR) is 84.0 cm³/mol. The molecule has 0 aliphatic rings. The first-order chi connectivity index (χ1) is 10.2. The molecule has 0 bridgehead atoms. The molecule has 0 unspecified atom stereocenters.